The second-order valence-corrected chi connectivity index (χ2v) is 4.85. The summed E-state index contributed by atoms with van der Waals surface area (Å²) in [5.74, 6) is 0. The molecule has 2 N–H and O–H groups in total. The van der Waals surface area contributed by atoms with Crippen molar-refractivity contribution in [2.75, 3.05) is 13.1 Å². The Morgan fingerprint density at radius 3 is 2.12 bits per heavy atom. The quantitative estimate of drug-likeness (QED) is 0.443. The van der Waals surface area contributed by atoms with Gasteiger partial charge in [-0.05, 0) is 13.0 Å². The van der Waals surface area contributed by atoms with Gasteiger partial charge in [-0.25, -0.2) is 0 Å². The summed E-state index contributed by atoms with van der Waals surface area (Å²) in [5, 5.41) is 33.7. The molecule has 8 nitrogen and oxygen atoms in total. The van der Waals surface area contributed by atoms with E-state index in [0.717, 1.165) is 6.08 Å². The van der Waals surface area contributed by atoms with Crippen LogP contribution >= 0.6 is 0 Å². The molecule has 1 atom stereocenters. The highest BCUT2D eigenvalue weighted by Gasteiger charge is 2.36. The van der Waals surface area contributed by atoms with E-state index in [4.69, 9.17) is 5.11 Å². The van der Waals surface area contributed by atoms with Crippen LogP contribution < -0.4 is 5.32 Å². The third-order valence-corrected chi connectivity index (χ3v) is 2.84. The molecular formula is C13H14F3N3O5. The summed E-state index contributed by atoms with van der Waals surface area (Å²) >= 11 is 0. The highest BCUT2D eigenvalue weighted by atomic mass is 19.4. The van der Waals surface area contributed by atoms with Crippen molar-refractivity contribution in [1.82, 2.24) is 5.32 Å². The average Bonchev–Trinajstić information content (AvgIpc) is 2.44. The number of rotatable bonds is 7. The SMILES string of the molecule is CC(O)CNCC=Cc1c([N+](=O)[O-])cc(C(F)(F)F)cc1[N+](=O)[O-]. The monoisotopic (exact) mass is 349 g/mol. The van der Waals surface area contributed by atoms with Crippen molar-refractivity contribution in [2.45, 2.75) is 19.2 Å². The first-order valence-corrected chi connectivity index (χ1v) is 6.63. The minimum absolute atomic E-state index is 0.111. The van der Waals surface area contributed by atoms with Gasteiger partial charge >= 0.3 is 6.18 Å². The van der Waals surface area contributed by atoms with Gasteiger partial charge in [0.25, 0.3) is 11.4 Å². The number of benzene rings is 1. The highest BCUT2D eigenvalue weighted by Crippen LogP contribution is 2.38. The van der Waals surface area contributed by atoms with Gasteiger partial charge in [0.1, 0.15) is 5.56 Å². The number of nitrogens with one attached hydrogen (secondary N) is 1. The van der Waals surface area contributed by atoms with E-state index in [1.165, 1.54) is 13.0 Å². The Labute approximate surface area is 133 Å². The second-order valence-electron chi connectivity index (χ2n) is 4.85. The Balaban J connectivity index is 3.28. The summed E-state index contributed by atoms with van der Waals surface area (Å²) in [6, 6.07) is 0.520. The molecule has 0 saturated heterocycles. The number of alkyl halides is 3. The van der Waals surface area contributed by atoms with Crippen molar-refractivity contribution in [1.29, 1.82) is 0 Å². The third-order valence-electron chi connectivity index (χ3n) is 2.84. The molecule has 0 heterocycles. The Bertz CT molecular complexity index is 624. The van der Waals surface area contributed by atoms with Crippen molar-refractivity contribution < 1.29 is 28.1 Å². The first-order valence-electron chi connectivity index (χ1n) is 6.63. The first kappa shape index (κ1) is 19.5. The molecule has 0 aliphatic carbocycles. The number of nitro groups is 2. The van der Waals surface area contributed by atoms with Crippen LogP contribution in [0.4, 0.5) is 24.5 Å². The molecule has 1 unspecified atom stereocenters. The highest BCUT2D eigenvalue weighted by molar-refractivity contribution is 5.71. The molecule has 1 aromatic carbocycles. The van der Waals surface area contributed by atoms with Crippen LogP contribution in [0.15, 0.2) is 18.2 Å². The normalized spacial score (nSPS) is 13.2. The van der Waals surface area contributed by atoms with Gasteiger partial charge in [-0.1, -0.05) is 6.08 Å². The summed E-state index contributed by atoms with van der Waals surface area (Å²) in [6.45, 7) is 1.84. The van der Waals surface area contributed by atoms with Crippen molar-refractivity contribution in [2.24, 2.45) is 0 Å². The van der Waals surface area contributed by atoms with Gasteiger partial charge in [-0.15, -0.1) is 0 Å². The Morgan fingerprint density at radius 2 is 1.75 bits per heavy atom. The lowest BCUT2D eigenvalue weighted by Gasteiger charge is -2.08. The number of hydrogen-bond donors (Lipinski definition) is 2. The molecule has 11 heteroatoms. The van der Waals surface area contributed by atoms with E-state index in [0.29, 0.717) is 0 Å². The van der Waals surface area contributed by atoms with E-state index < -0.39 is 44.6 Å². The van der Waals surface area contributed by atoms with Crippen molar-refractivity contribution >= 4 is 17.5 Å². The number of aliphatic hydroxyl groups is 1. The molecule has 24 heavy (non-hydrogen) atoms. The molecule has 0 amide bonds. The van der Waals surface area contributed by atoms with Crippen LogP contribution in [-0.2, 0) is 6.18 Å². The van der Waals surface area contributed by atoms with E-state index in [9.17, 15) is 33.4 Å². The van der Waals surface area contributed by atoms with E-state index >= 15 is 0 Å². The molecule has 0 aromatic heterocycles. The smallest absolute Gasteiger partial charge is 0.392 e. The van der Waals surface area contributed by atoms with Crippen LogP contribution in [0.1, 0.15) is 18.1 Å². The van der Waals surface area contributed by atoms with Gasteiger partial charge in [0, 0.05) is 25.2 Å². The topological polar surface area (TPSA) is 119 Å². The number of nitrogens with zero attached hydrogens (tertiary/aromatic N) is 2. The lowest BCUT2D eigenvalue weighted by Crippen LogP contribution is -2.24. The van der Waals surface area contributed by atoms with Gasteiger partial charge in [-0.2, -0.15) is 13.2 Å². The summed E-state index contributed by atoms with van der Waals surface area (Å²) in [5.41, 5.74) is -4.02. The van der Waals surface area contributed by atoms with Crippen molar-refractivity contribution in [3.63, 3.8) is 0 Å². The largest absolute Gasteiger partial charge is 0.416 e. The van der Waals surface area contributed by atoms with Gasteiger partial charge in [0.05, 0.1) is 21.5 Å². The standard InChI is InChI=1S/C13H14F3N3O5/c1-8(20)7-17-4-2-3-10-11(18(21)22)5-9(13(14,15)16)6-12(10)19(23)24/h2-3,5-6,8,17,20H,4,7H2,1H3. The third kappa shape index (κ3) is 5.28. The summed E-state index contributed by atoms with van der Waals surface area (Å²) in [6.07, 6.45) is -3.30. The Morgan fingerprint density at radius 1 is 1.25 bits per heavy atom. The molecule has 0 spiro atoms. The maximum atomic E-state index is 12.7. The average molecular weight is 349 g/mol. The fourth-order valence-corrected chi connectivity index (χ4v) is 1.81. The fraction of sp³-hybridized carbons (Fsp3) is 0.385. The molecule has 0 aliphatic rings. The Hall–Kier alpha value is -2.53. The number of hydrogen-bond acceptors (Lipinski definition) is 6. The molecule has 0 aliphatic heterocycles. The van der Waals surface area contributed by atoms with Crippen LogP contribution in [0.3, 0.4) is 0 Å². The van der Waals surface area contributed by atoms with Gasteiger partial charge in [-0.3, -0.25) is 20.2 Å². The maximum absolute atomic E-state index is 12.7. The lowest BCUT2D eigenvalue weighted by atomic mass is 10.1. The zero-order chi connectivity index (χ0) is 18.5. The second kappa shape index (κ2) is 7.84. The Kier molecular flexibility index (Phi) is 6.37. The van der Waals surface area contributed by atoms with Crippen molar-refractivity contribution in [3.8, 4) is 0 Å². The molecule has 1 aromatic rings. The van der Waals surface area contributed by atoms with Crippen molar-refractivity contribution in [3.05, 3.63) is 49.6 Å². The molecule has 0 fully saturated rings. The lowest BCUT2D eigenvalue weighted by molar-refractivity contribution is -0.394. The molecule has 0 saturated carbocycles. The molecule has 0 radical (unpaired) electrons. The summed E-state index contributed by atoms with van der Waals surface area (Å²) in [7, 11) is 0. The summed E-state index contributed by atoms with van der Waals surface area (Å²) in [4.78, 5) is 19.8. The van der Waals surface area contributed by atoms with E-state index in [-0.39, 0.29) is 25.2 Å². The number of aliphatic hydroxyl groups excluding tert-OH is 1. The predicted octanol–water partition coefficient (Wildman–Crippen LogP) is 2.51. The number of nitro benzene ring substituents is 2. The summed E-state index contributed by atoms with van der Waals surface area (Å²) < 4.78 is 38.2. The maximum Gasteiger partial charge on any atom is 0.416 e. The van der Waals surface area contributed by atoms with Crippen LogP contribution in [0.2, 0.25) is 0 Å². The van der Waals surface area contributed by atoms with Gasteiger partial charge in [0.2, 0.25) is 0 Å². The zero-order valence-electron chi connectivity index (χ0n) is 12.4. The van der Waals surface area contributed by atoms with E-state index in [1.54, 1.807) is 0 Å². The van der Waals surface area contributed by atoms with Gasteiger partial charge < -0.3 is 10.4 Å². The van der Waals surface area contributed by atoms with E-state index in [2.05, 4.69) is 5.32 Å². The molecular weight excluding hydrogens is 335 g/mol. The fourth-order valence-electron chi connectivity index (χ4n) is 1.81. The van der Waals surface area contributed by atoms with E-state index in [1.807, 2.05) is 0 Å². The van der Waals surface area contributed by atoms with Crippen LogP contribution in [0, 0.1) is 20.2 Å². The number of halogens is 3. The van der Waals surface area contributed by atoms with Crippen LogP contribution in [-0.4, -0.2) is 34.1 Å². The predicted molar refractivity (Wildman–Crippen MR) is 78.3 cm³/mol. The van der Waals surface area contributed by atoms with Crippen LogP contribution in [0.25, 0.3) is 6.08 Å². The molecule has 132 valence electrons. The zero-order valence-corrected chi connectivity index (χ0v) is 12.4. The first-order chi connectivity index (χ1) is 11.0. The molecule has 1 rings (SSSR count). The van der Waals surface area contributed by atoms with Gasteiger partial charge in [0.15, 0.2) is 0 Å². The van der Waals surface area contributed by atoms with Crippen LogP contribution in [0.5, 0.6) is 0 Å². The minimum Gasteiger partial charge on any atom is -0.392 e. The minimum atomic E-state index is -4.95. The molecule has 0 bridgehead atoms.